The van der Waals surface area contributed by atoms with E-state index in [4.69, 9.17) is 0 Å². The van der Waals surface area contributed by atoms with Crippen LogP contribution in [0.4, 0.5) is 0 Å². The molecule has 6 heteroatoms. The van der Waals surface area contributed by atoms with E-state index >= 15 is 0 Å². The van der Waals surface area contributed by atoms with Gasteiger partial charge in [0.15, 0.2) is 5.16 Å². The van der Waals surface area contributed by atoms with Crippen molar-refractivity contribution in [1.82, 2.24) is 15.3 Å². The van der Waals surface area contributed by atoms with Crippen LogP contribution in [0, 0.1) is 0 Å². The topological polar surface area (TPSA) is 74.8 Å². The van der Waals surface area contributed by atoms with Crippen LogP contribution in [0.5, 0.6) is 0 Å². The second-order valence-corrected chi connectivity index (χ2v) is 4.55. The van der Waals surface area contributed by atoms with Gasteiger partial charge in [-0.15, -0.1) is 0 Å². The molecule has 1 rings (SSSR count). The van der Waals surface area contributed by atoms with Gasteiger partial charge in [0.2, 0.25) is 5.91 Å². The maximum atomic E-state index is 11.4. The lowest BCUT2D eigenvalue weighted by atomic mass is 10.2. The molecule has 94 valence electrons. The zero-order chi connectivity index (χ0) is 12.5. The second-order valence-electron chi connectivity index (χ2n) is 3.58. The van der Waals surface area contributed by atoms with Crippen LogP contribution in [0.2, 0.25) is 0 Å². The summed E-state index contributed by atoms with van der Waals surface area (Å²) in [6, 6.07) is 1.34. The Morgan fingerprint density at radius 2 is 2.35 bits per heavy atom. The van der Waals surface area contributed by atoms with Crippen LogP contribution >= 0.6 is 11.8 Å². The van der Waals surface area contributed by atoms with E-state index < -0.39 is 0 Å². The van der Waals surface area contributed by atoms with Crippen molar-refractivity contribution < 1.29 is 4.79 Å². The minimum atomic E-state index is -0.203. The summed E-state index contributed by atoms with van der Waals surface area (Å²) in [6.07, 6.45) is 4.70. The number of rotatable bonds is 7. The zero-order valence-electron chi connectivity index (χ0n) is 9.86. The molecule has 0 unspecified atom stereocenters. The molecule has 1 aromatic rings. The lowest BCUT2D eigenvalue weighted by molar-refractivity contribution is -0.118. The van der Waals surface area contributed by atoms with Crippen molar-refractivity contribution in [2.75, 3.05) is 12.3 Å². The number of hydrogen-bond donors (Lipinski definition) is 2. The number of amides is 1. The fourth-order valence-electron chi connectivity index (χ4n) is 1.21. The summed E-state index contributed by atoms with van der Waals surface area (Å²) in [6.45, 7) is 2.83. The molecule has 1 aromatic heterocycles. The van der Waals surface area contributed by atoms with Gasteiger partial charge in [0.25, 0.3) is 5.56 Å². The van der Waals surface area contributed by atoms with Crippen LogP contribution in [0.15, 0.2) is 22.2 Å². The number of carbonyl (C=O) groups excluding carboxylic acids is 1. The number of H-pyrrole nitrogens is 1. The van der Waals surface area contributed by atoms with Gasteiger partial charge in [0, 0.05) is 18.8 Å². The summed E-state index contributed by atoms with van der Waals surface area (Å²) < 4.78 is 0. The molecule has 0 saturated heterocycles. The highest BCUT2D eigenvalue weighted by molar-refractivity contribution is 7.99. The number of hydrogen-bond acceptors (Lipinski definition) is 4. The van der Waals surface area contributed by atoms with Gasteiger partial charge in [0.1, 0.15) is 0 Å². The first-order valence-corrected chi connectivity index (χ1v) is 6.65. The van der Waals surface area contributed by atoms with Gasteiger partial charge < -0.3 is 10.3 Å². The van der Waals surface area contributed by atoms with Gasteiger partial charge in [-0.2, -0.15) is 0 Å². The smallest absolute Gasteiger partial charge is 0.251 e. The Hall–Kier alpha value is -1.30. The van der Waals surface area contributed by atoms with E-state index in [-0.39, 0.29) is 17.2 Å². The molecule has 0 saturated carbocycles. The normalized spacial score (nSPS) is 10.2. The predicted octanol–water partition coefficient (Wildman–Crippen LogP) is 1.17. The summed E-state index contributed by atoms with van der Waals surface area (Å²) in [4.78, 5) is 28.9. The van der Waals surface area contributed by atoms with Crippen LogP contribution in [-0.4, -0.2) is 28.2 Å². The molecule has 0 aliphatic heterocycles. The Morgan fingerprint density at radius 3 is 3.06 bits per heavy atom. The zero-order valence-corrected chi connectivity index (χ0v) is 10.7. The molecule has 0 radical (unpaired) electrons. The fraction of sp³-hybridized carbons (Fsp3) is 0.545. The standard InChI is InChI=1S/C11H17N3O2S/c1-2-3-4-6-12-10(16)8-17-11-13-7-5-9(15)14-11/h5,7H,2-4,6,8H2,1H3,(H,12,16)(H,13,14,15). The summed E-state index contributed by atoms with van der Waals surface area (Å²) in [5.41, 5.74) is -0.203. The number of unbranched alkanes of at least 4 members (excludes halogenated alkanes) is 2. The highest BCUT2D eigenvalue weighted by atomic mass is 32.2. The van der Waals surface area contributed by atoms with Crippen molar-refractivity contribution in [3.63, 3.8) is 0 Å². The van der Waals surface area contributed by atoms with E-state index in [1.54, 1.807) is 0 Å². The van der Waals surface area contributed by atoms with Gasteiger partial charge in [0.05, 0.1) is 5.75 Å². The van der Waals surface area contributed by atoms with E-state index in [0.717, 1.165) is 19.3 Å². The van der Waals surface area contributed by atoms with Gasteiger partial charge in [-0.25, -0.2) is 4.98 Å². The minimum absolute atomic E-state index is 0.0300. The molecule has 0 aromatic carbocycles. The van der Waals surface area contributed by atoms with Crippen molar-refractivity contribution in [2.45, 2.75) is 31.3 Å². The van der Waals surface area contributed by atoms with Crippen molar-refractivity contribution in [3.8, 4) is 0 Å². The van der Waals surface area contributed by atoms with E-state index in [2.05, 4.69) is 22.2 Å². The highest BCUT2D eigenvalue weighted by Crippen LogP contribution is 2.08. The molecule has 0 aliphatic rings. The maximum Gasteiger partial charge on any atom is 0.251 e. The van der Waals surface area contributed by atoms with Crippen molar-refractivity contribution in [3.05, 3.63) is 22.6 Å². The molecule has 5 nitrogen and oxygen atoms in total. The van der Waals surface area contributed by atoms with E-state index in [1.165, 1.54) is 24.0 Å². The molecule has 2 N–H and O–H groups in total. The molecular weight excluding hydrogens is 238 g/mol. The van der Waals surface area contributed by atoms with Crippen molar-refractivity contribution >= 4 is 17.7 Å². The lowest BCUT2D eigenvalue weighted by Crippen LogP contribution is -2.26. The number of carbonyl (C=O) groups is 1. The summed E-state index contributed by atoms with van der Waals surface area (Å²) >= 11 is 1.23. The summed E-state index contributed by atoms with van der Waals surface area (Å²) in [5, 5.41) is 3.30. The molecule has 0 spiro atoms. The number of nitrogens with zero attached hydrogens (tertiary/aromatic N) is 1. The Labute approximate surface area is 104 Å². The molecule has 0 bridgehead atoms. The van der Waals surface area contributed by atoms with Crippen LogP contribution in [-0.2, 0) is 4.79 Å². The van der Waals surface area contributed by atoms with E-state index in [1.807, 2.05) is 0 Å². The third kappa shape index (κ3) is 6.11. The average Bonchev–Trinajstić information content (AvgIpc) is 2.32. The third-order valence-corrected chi connectivity index (χ3v) is 2.98. The van der Waals surface area contributed by atoms with Crippen LogP contribution in [0.3, 0.4) is 0 Å². The summed E-state index contributed by atoms with van der Waals surface area (Å²) in [5.74, 6) is 0.247. The second kappa shape index (κ2) is 7.89. The predicted molar refractivity (Wildman–Crippen MR) is 68.1 cm³/mol. The largest absolute Gasteiger partial charge is 0.355 e. The average molecular weight is 255 g/mol. The Morgan fingerprint density at radius 1 is 1.53 bits per heavy atom. The number of nitrogens with one attached hydrogen (secondary N) is 2. The molecule has 0 atom stereocenters. The number of aromatic amines is 1. The molecular formula is C11H17N3O2S. The molecule has 1 amide bonds. The van der Waals surface area contributed by atoms with Gasteiger partial charge in [-0.3, -0.25) is 9.59 Å². The fourth-order valence-corrected chi connectivity index (χ4v) is 1.89. The maximum absolute atomic E-state index is 11.4. The first-order chi connectivity index (χ1) is 8.22. The van der Waals surface area contributed by atoms with Crippen LogP contribution < -0.4 is 10.9 Å². The number of aromatic nitrogens is 2. The third-order valence-electron chi connectivity index (χ3n) is 2.09. The Kier molecular flexibility index (Phi) is 6.39. The summed E-state index contributed by atoms with van der Waals surface area (Å²) in [7, 11) is 0. The Balaban J connectivity index is 2.21. The SMILES string of the molecule is CCCCCNC(=O)CSc1nccc(=O)[nH]1. The molecule has 17 heavy (non-hydrogen) atoms. The highest BCUT2D eigenvalue weighted by Gasteiger charge is 2.03. The minimum Gasteiger partial charge on any atom is -0.355 e. The number of thioether (sulfide) groups is 1. The first-order valence-electron chi connectivity index (χ1n) is 5.67. The van der Waals surface area contributed by atoms with Gasteiger partial charge >= 0.3 is 0 Å². The Bertz CT molecular complexity index is 406. The molecule has 0 aliphatic carbocycles. The van der Waals surface area contributed by atoms with Crippen LogP contribution in [0.1, 0.15) is 26.2 Å². The van der Waals surface area contributed by atoms with E-state index in [0.29, 0.717) is 11.7 Å². The van der Waals surface area contributed by atoms with Crippen molar-refractivity contribution in [2.24, 2.45) is 0 Å². The molecule has 0 fully saturated rings. The van der Waals surface area contributed by atoms with E-state index in [9.17, 15) is 9.59 Å². The monoisotopic (exact) mass is 255 g/mol. The quantitative estimate of drug-likeness (QED) is 0.436. The first kappa shape index (κ1) is 13.8. The van der Waals surface area contributed by atoms with Gasteiger partial charge in [-0.1, -0.05) is 31.5 Å². The van der Waals surface area contributed by atoms with Gasteiger partial charge in [-0.05, 0) is 6.42 Å². The van der Waals surface area contributed by atoms with Crippen LogP contribution in [0.25, 0.3) is 0 Å². The van der Waals surface area contributed by atoms with Crippen molar-refractivity contribution in [1.29, 1.82) is 0 Å². The molecule has 1 heterocycles. The lowest BCUT2D eigenvalue weighted by Gasteiger charge is -2.03.